The summed E-state index contributed by atoms with van der Waals surface area (Å²) in [4.78, 5) is 4.35. The number of nitrogens with one attached hydrogen (secondary N) is 2. The van der Waals surface area contributed by atoms with Gasteiger partial charge in [0, 0.05) is 25.5 Å². The lowest BCUT2D eigenvalue weighted by Crippen LogP contribution is -2.37. The van der Waals surface area contributed by atoms with Gasteiger partial charge >= 0.3 is 6.18 Å². The Labute approximate surface area is 179 Å². The molecule has 3 aromatic rings. The third kappa shape index (κ3) is 5.44. The molecule has 2 N–H and O–H groups in total. The minimum atomic E-state index is -4.50. The van der Waals surface area contributed by atoms with Crippen LogP contribution in [0.25, 0.3) is 5.69 Å². The van der Waals surface area contributed by atoms with Crippen LogP contribution in [0.1, 0.15) is 35.1 Å². The first-order chi connectivity index (χ1) is 14.7. The number of aromatic nitrogens is 4. The van der Waals surface area contributed by atoms with Crippen molar-refractivity contribution in [2.75, 3.05) is 6.54 Å². The zero-order valence-corrected chi connectivity index (χ0v) is 18.0. The molecule has 2 heterocycles. The van der Waals surface area contributed by atoms with E-state index in [4.69, 9.17) is 0 Å². The molecule has 0 saturated carbocycles. The summed E-state index contributed by atoms with van der Waals surface area (Å²) in [6.07, 6.45) is -2.82. The number of hydrogen-bond acceptors (Lipinski definition) is 3. The lowest BCUT2D eigenvalue weighted by atomic mass is 10.1. The Kier molecular flexibility index (Phi) is 6.67. The van der Waals surface area contributed by atoms with E-state index in [0.717, 1.165) is 23.1 Å². The van der Waals surface area contributed by atoms with Crippen LogP contribution in [0.2, 0.25) is 0 Å². The normalized spacial score (nSPS) is 12.3. The van der Waals surface area contributed by atoms with Crippen molar-refractivity contribution in [1.82, 2.24) is 30.2 Å². The van der Waals surface area contributed by atoms with Crippen LogP contribution in [-0.4, -0.2) is 32.1 Å². The number of aliphatic imine (C=N–C) groups is 1. The fourth-order valence-electron chi connectivity index (χ4n) is 3.24. The Morgan fingerprint density at radius 1 is 1.13 bits per heavy atom. The Hall–Kier alpha value is -3.30. The molecule has 10 heteroatoms. The molecular formula is C21H26F3N7. The molecule has 31 heavy (non-hydrogen) atoms. The summed E-state index contributed by atoms with van der Waals surface area (Å²) in [5.41, 5.74) is 2.18. The minimum absolute atomic E-state index is 0.0931. The molecule has 0 unspecified atom stereocenters. The van der Waals surface area contributed by atoms with E-state index < -0.39 is 11.7 Å². The highest BCUT2D eigenvalue weighted by atomic mass is 19.4. The summed E-state index contributed by atoms with van der Waals surface area (Å²) in [5.74, 6) is 0.430. The number of halogens is 3. The number of nitrogens with zero attached hydrogens (tertiary/aromatic N) is 5. The monoisotopic (exact) mass is 433 g/mol. The Balaban J connectivity index is 1.86. The van der Waals surface area contributed by atoms with Crippen LogP contribution in [-0.2, 0) is 26.3 Å². The third-order valence-electron chi connectivity index (χ3n) is 4.76. The van der Waals surface area contributed by atoms with Crippen molar-refractivity contribution >= 4 is 5.96 Å². The van der Waals surface area contributed by atoms with Crippen molar-refractivity contribution in [3.8, 4) is 5.69 Å². The topological polar surface area (TPSA) is 72.1 Å². The minimum Gasteiger partial charge on any atom is -0.357 e. The van der Waals surface area contributed by atoms with Crippen molar-refractivity contribution < 1.29 is 13.2 Å². The van der Waals surface area contributed by atoms with Gasteiger partial charge in [-0.3, -0.25) is 4.68 Å². The van der Waals surface area contributed by atoms with Gasteiger partial charge in [0.05, 0.1) is 35.7 Å². The first-order valence-corrected chi connectivity index (χ1v) is 9.92. The Bertz CT molecular complexity index is 1060. The molecule has 3 rings (SSSR count). The second kappa shape index (κ2) is 9.23. The Morgan fingerprint density at radius 3 is 2.48 bits per heavy atom. The number of guanidine groups is 1. The number of rotatable bonds is 6. The maximum atomic E-state index is 13.8. The first-order valence-electron chi connectivity index (χ1n) is 9.92. The van der Waals surface area contributed by atoms with Gasteiger partial charge < -0.3 is 10.6 Å². The van der Waals surface area contributed by atoms with Crippen molar-refractivity contribution in [2.45, 2.75) is 40.0 Å². The molecule has 0 aliphatic rings. The summed E-state index contributed by atoms with van der Waals surface area (Å²) in [5, 5.41) is 14.6. The van der Waals surface area contributed by atoms with Gasteiger partial charge in [-0.25, -0.2) is 9.67 Å². The summed E-state index contributed by atoms with van der Waals surface area (Å²) < 4.78 is 44.6. The van der Waals surface area contributed by atoms with E-state index in [2.05, 4.69) is 25.8 Å². The maximum absolute atomic E-state index is 13.8. The van der Waals surface area contributed by atoms with Crippen molar-refractivity contribution in [2.24, 2.45) is 12.0 Å². The van der Waals surface area contributed by atoms with Crippen LogP contribution in [0.5, 0.6) is 0 Å². The van der Waals surface area contributed by atoms with Gasteiger partial charge in [0.2, 0.25) is 0 Å². The smallest absolute Gasteiger partial charge is 0.357 e. The quantitative estimate of drug-likeness (QED) is 0.461. The number of hydrogen-bond donors (Lipinski definition) is 2. The van der Waals surface area contributed by atoms with Gasteiger partial charge in [-0.1, -0.05) is 6.07 Å². The highest BCUT2D eigenvalue weighted by Crippen LogP contribution is 2.34. The molecule has 0 saturated heterocycles. The summed E-state index contributed by atoms with van der Waals surface area (Å²) in [6.45, 7) is 6.42. The predicted octanol–water partition coefficient (Wildman–Crippen LogP) is 3.50. The molecule has 7 nitrogen and oxygen atoms in total. The van der Waals surface area contributed by atoms with Crippen LogP contribution in [0.3, 0.4) is 0 Å². The van der Waals surface area contributed by atoms with Gasteiger partial charge in [-0.05, 0) is 50.6 Å². The van der Waals surface area contributed by atoms with Gasteiger partial charge in [-0.2, -0.15) is 23.4 Å². The molecule has 0 aliphatic heterocycles. The van der Waals surface area contributed by atoms with E-state index in [9.17, 15) is 13.2 Å². The lowest BCUT2D eigenvalue weighted by Gasteiger charge is -2.15. The van der Waals surface area contributed by atoms with Crippen molar-refractivity contribution in [1.29, 1.82) is 0 Å². The lowest BCUT2D eigenvalue weighted by molar-refractivity contribution is -0.138. The van der Waals surface area contributed by atoms with Crippen molar-refractivity contribution in [3.63, 3.8) is 0 Å². The van der Waals surface area contributed by atoms with E-state index in [0.29, 0.717) is 24.7 Å². The maximum Gasteiger partial charge on any atom is 0.416 e. The molecule has 0 fully saturated rings. The van der Waals surface area contributed by atoms with E-state index >= 15 is 0 Å². The van der Waals surface area contributed by atoms with Crippen LogP contribution in [0, 0.1) is 13.8 Å². The summed E-state index contributed by atoms with van der Waals surface area (Å²) >= 11 is 0. The highest BCUT2D eigenvalue weighted by molar-refractivity contribution is 5.79. The fraction of sp³-hybridized carbons (Fsp3) is 0.381. The van der Waals surface area contributed by atoms with E-state index in [1.54, 1.807) is 23.9 Å². The molecule has 0 spiro atoms. The van der Waals surface area contributed by atoms with Gasteiger partial charge in [-0.15, -0.1) is 0 Å². The van der Waals surface area contributed by atoms with Gasteiger partial charge in [0.1, 0.15) is 0 Å². The Morgan fingerprint density at radius 2 is 1.90 bits per heavy atom. The first kappa shape index (κ1) is 22.4. The number of alkyl halides is 3. The number of aryl methyl sites for hydroxylation is 3. The van der Waals surface area contributed by atoms with Crippen LogP contribution in [0.15, 0.2) is 41.5 Å². The molecular weight excluding hydrogens is 407 g/mol. The zero-order valence-electron chi connectivity index (χ0n) is 18.0. The third-order valence-corrected chi connectivity index (χ3v) is 4.76. The molecule has 166 valence electrons. The van der Waals surface area contributed by atoms with Crippen LogP contribution < -0.4 is 10.6 Å². The average Bonchev–Trinajstić information content (AvgIpc) is 3.27. The SMILES string of the molecule is CCNC(=NCc1ccc(-n2nc(C)cc2C)cc1C(F)(F)F)NCc1ccnn1C. The number of benzene rings is 1. The van der Waals surface area contributed by atoms with E-state index in [1.807, 2.05) is 33.0 Å². The van der Waals surface area contributed by atoms with E-state index in [1.165, 1.54) is 10.7 Å². The zero-order chi connectivity index (χ0) is 22.6. The fourth-order valence-corrected chi connectivity index (χ4v) is 3.24. The van der Waals surface area contributed by atoms with Crippen LogP contribution >= 0.6 is 0 Å². The van der Waals surface area contributed by atoms with Crippen LogP contribution in [0.4, 0.5) is 13.2 Å². The molecule has 0 amide bonds. The standard InChI is InChI=1S/C21H26F3N7/c1-5-25-20(27-13-18-8-9-28-30(18)4)26-12-16-6-7-17(11-19(16)21(22,23)24)31-15(3)10-14(2)29-31/h6-11H,5,12-13H2,1-4H3,(H2,25,26,27). The van der Waals surface area contributed by atoms with Gasteiger partial charge in [0.25, 0.3) is 0 Å². The molecule has 0 atom stereocenters. The summed E-state index contributed by atoms with van der Waals surface area (Å²) in [6, 6.07) is 7.90. The predicted molar refractivity (Wildman–Crippen MR) is 113 cm³/mol. The van der Waals surface area contributed by atoms with E-state index in [-0.39, 0.29) is 12.1 Å². The van der Waals surface area contributed by atoms with Gasteiger partial charge in [0.15, 0.2) is 5.96 Å². The average molecular weight is 433 g/mol. The molecule has 0 aliphatic carbocycles. The molecule has 2 aromatic heterocycles. The highest BCUT2D eigenvalue weighted by Gasteiger charge is 2.33. The van der Waals surface area contributed by atoms with Crippen molar-refractivity contribution in [3.05, 3.63) is 64.7 Å². The largest absolute Gasteiger partial charge is 0.416 e. The molecule has 0 bridgehead atoms. The molecule has 0 radical (unpaired) electrons. The second-order valence-electron chi connectivity index (χ2n) is 7.17. The summed E-state index contributed by atoms with van der Waals surface area (Å²) in [7, 11) is 1.82. The molecule has 1 aromatic carbocycles. The second-order valence-corrected chi connectivity index (χ2v) is 7.17.